The van der Waals surface area contributed by atoms with E-state index in [0.29, 0.717) is 30.3 Å². The summed E-state index contributed by atoms with van der Waals surface area (Å²) in [5.41, 5.74) is 4.52. The lowest BCUT2D eigenvalue weighted by molar-refractivity contribution is 0.102. The minimum absolute atomic E-state index is 0.171. The van der Waals surface area contributed by atoms with Crippen molar-refractivity contribution in [2.75, 3.05) is 25.6 Å². The van der Waals surface area contributed by atoms with E-state index in [-0.39, 0.29) is 5.91 Å². The molecule has 6 heteroatoms. The van der Waals surface area contributed by atoms with Gasteiger partial charge in [-0.25, -0.2) is 4.98 Å². The molecule has 2 N–H and O–H groups in total. The molecule has 0 aliphatic heterocycles. The topological polar surface area (TPSA) is 76.2 Å². The molecule has 130 valence electrons. The summed E-state index contributed by atoms with van der Waals surface area (Å²) in [4.78, 5) is 19.9. The highest BCUT2D eigenvalue weighted by atomic mass is 16.5. The average Bonchev–Trinajstić information content (AvgIpc) is 2.90. The van der Waals surface area contributed by atoms with Gasteiger partial charge in [-0.15, -0.1) is 0 Å². The zero-order valence-corrected chi connectivity index (χ0v) is 14.6. The average molecular weight is 339 g/mol. The van der Waals surface area contributed by atoms with Gasteiger partial charge in [0.05, 0.1) is 18.5 Å². The lowest BCUT2D eigenvalue weighted by atomic mass is 10.1. The first-order chi connectivity index (χ1) is 12.1. The number of H-pyrrole nitrogens is 1. The molecule has 1 amide bonds. The molecule has 0 saturated heterocycles. The number of amides is 1. The Morgan fingerprint density at radius 3 is 2.76 bits per heavy atom. The van der Waals surface area contributed by atoms with Crippen molar-refractivity contribution >= 4 is 22.5 Å². The summed E-state index contributed by atoms with van der Waals surface area (Å²) in [5, 5.41) is 3.91. The summed E-state index contributed by atoms with van der Waals surface area (Å²) in [6.45, 7) is 5.00. The Balaban J connectivity index is 1.70. The van der Waals surface area contributed by atoms with Crippen LogP contribution in [-0.2, 0) is 4.74 Å². The molecule has 0 atom stereocenters. The summed E-state index contributed by atoms with van der Waals surface area (Å²) in [6.07, 6.45) is 1.57. The number of carbonyl (C=O) groups is 1. The Labute approximate surface area is 146 Å². The van der Waals surface area contributed by atoms with E-state index >= 15 is 0 Å². The van der Waals surface area contributed by atoms with Crippen LogP contribution in [0.3, 0.4) is 0 Å². The Morgan fingerprint density at radius 2 is 2.04 bits per heavy atom. The molecular formula is C19H21N3O3. The van der Waals surface area contributed by atoms with Gasteiger partial charge in [0.15, 0.2) is 0 Å². The number of nitrogens with zero attached hydrogens (tertiary/aromatic N) is 1. The predicted octanol–water partition coefficient (Wildman–Crippen LogP) is 3.46. The van der Waals surface area contributed by atoms with E-state index in [2.05, 4.69) is 15.3 Å². The maximum Gasteiger partial charge on any atom is 0.255 e. The number of aromatic nitrogens is 2. The van der Waals surface area contributed by atoms with E-state index in [4.69, 9.17) is 9.47 Å². The van der Waals surface area contributed by atoms with E-state index in [1.807, 2.05) is 32.0 Å². The van der Waals surface area contributed by atoms with E-state index in [0.717, 1.165) is 22.2 Å². The Bertz CT molecular complexity index is 885. The molecule has 0 fully saturated rings. The number of ether oxygens (including phenoxy) is 2. The minimum atomic E-state index is -0.171. The fourth-order valence-corrected chi connectivity index (χ4v) is 2.57. The lowest BCUT2D eigenvalue weighted by Gasteiger charge is -2.07. The predicted molar refractivity (Wildman–Crippen MR) is 97.3 cm³/mol. The maximum atomic E-state index is 12.5. The van der Waals surface area contributed by atoms with Gasteiger partial charge in [0.2, 0.25) is 5.88 Å². The van der Waals surface area contributed by atoms with Crippen LogP contribution >= 0.6 is 0 Å². The van der Waals surface area contributed by atoms with Gasteiger partial charge in [-0.1, -0.05) is 0 Å². The highest BCUT2D eigenvalue weighted by Crippen LogP contribution is 2.23. The van der Waals surface area contributed by atoms with Crippen LogP contribution in [0.1, 0.15) is 21.6 Å². The number of hydrogen-bond acceptors (Lipinski definition) is 4. The van der Waals surface area contributed by atoms with Crippen LogP contribution in [0.4, 0.5) is 5.69 Å². The van der Waals surface area contributed by atoms with Gasteiger partial charge in [0, 0.05) is 35.3 Å². The second-order valence-electron chi connectivity index (χ2n) is 5.82. The first kappa shape index (κ1) is 17.0. The number of methoxy groups -OCH3 is 1. The minimum Gasteiger partial charge on any atom is -0.475 e. The molecule has 25 heavy (non-hydrogen) atoms. The van der Waals surface area contributed by atoms with Crippen LogP contribution in [0.15, 0.2) is 36.5 Å². The second-order valence-corrected chi connectivity index (χ2v) is 5.82. The number of aryl methyl sites for hydroxylation is 2. The molecule has 0 radical (unpaired) electrons. The summed E-state index contributed by atoms with van der Waals surface area (Å²) in [5.74, 6) is 0.324. The van der Waals surface area contributed by atoms with Crippen molar-refractivity contribution in [3.8, 4) is 5.88 Å². The zero-order chi connectivity index (χ0) is 17.8. The van der Waals surface area contributed by atoms with E-state index in [9.17, 15) is 4.79 Å². The molecule has 0 aliphatic rings. The quantitative estimate of drug-likeness (QED) is 0.674. The number of carbonyl (C=O) groups excluding carboxylic acids is 1. The van der Waals surface area contributed by atoms with Crippen molar-refractivity contribution < 1.29 is 14.3 Å². The van der Waals surface area contributed by atoms with Crippen LogP contribution in [0.2, 0.25) is 0 Å². The second kappa shape index (κ2) is 7.36. The molecule has 0 saturated carbocycles. The van der Waals surface area contributed by atoms with Crippen LogP contribution in [0, 0.1) is 13.8 Å². The highest BCUT2D eigenvalue weighted by molar-refractivity contribution is 6.06. The Kier molecular flexibility index (Phi) is 5.00. The lowest BCUT2D eigenvalue weighted by Crippen LogP contribution is -2.12. The molecule has 0 spiro atoms. The highest BCUT2D eigenvalue weighted by Gasteiger charge is 2.10. The van der Waals surface area contributed by atoms with Gasteiger partial charge in [-0.2, -0.15) is 0 Å². The summed E-state index contributed by atoms with van der Waals surface area (Å²) >= 11 is 0. The third kappa shape index (κ3) is 3.80. The first-order valence-electron chi connectivity index (χ1n) is 8.06. The fraction of sp³-hybridized carbons (Fsp3) is 0.263. The number of pyridine rings is 1. The molecule has 6 nitrogen and oxygen atoms in total. The number of hydrogen-bond donors (Lipinski definition) is 2. The van der Waals surface area contributed by atoms with Crippen molar-refractivity contribution in [2.24, 2.45) is 0 Å². The molecule has 3 aromatic rings. The first-order valence-corrected chi connectivity index (χ1v) is 8.06. The maximum absolute atomic E-state index is 12.5. The summed E-state index contributed by atoms with van der Waals surface area (Å²) < 4.78 is 10.3. The van der Waals surface area contributed by atoms with E-state index < -0.39 is 0 Å². The van der Waals surface area contributed by atoms with Crippen molar-refractivity contribution in [3.05, 3.63) is 53.3 Å². The number of anilines is 1. The Hall–Kier alpha value is -2.86. The van der Waals surface area contributed by atoms with Crippen molar-refractivity contribution in [1.82, 2.24) is 9.97 Å². The standard InChI is InChI=1S/C19H21N3O3/c1-12-13(2)21-17-6-4-14(10-16(12)17)19(23)22-15-5-7-18(20-11-15)25-9-8-24-3/h4-7,10-11,21H,8-9H2,1-3H3,(H,22,23). The van der Waals surface area contributed by atoms with Crippen molar-refractivity contribution in [3.63, 3.8) is 0 Å². The van der Waals surface area contributed by atoms with Gasteiger partial charge >= 0.3 is 0 Å². The van der Waals surface area contributed by atoms with Gasteiger partial charge in [-0.3, -0.25) is 4.79 Å². The summed E-state index contributed by atoms with van der Waals surface area (Å²) in [7, 11) is 1.61. The smallest absolute Gasteiger partial charge is 0.255 e. The number of fused-ring (bicyclic) bond motifs is 1. The zero-order valence-electron chi connectivity index (χ0n) is 14.6. The fourth-order valence-electron chi connectivity index (χ4n) is 2.57. The number of benzene rings is 1. The molecule has 3 rings (SSSR count). The third-order valence-electron chi connectivity index (χ3n) is 4.10. The van der Waals surface area contributed by atoms with Gasteiger partial charge in [0.1, 0.15) is 6.61 Å². The molecule has 1 aromatic carbocycles. The number of rotatable bonds is 6. The van der Waals surface area contributed by atoms with Gasteiger partial charge < -0.3 is 19.8 Å². The van der Waals surface area contributed by atoms with Crippen LogP contribution in [0.25, 0.3) is 10.9 Å². The molecular weight excluding hydrogens is 318 g/mol. The summed E-state index contributed by atoms with van der Waals surface area (Å²) in [6, 6.07) is 9.11. The molecule has 2 aromatic heterocycles. The van der Waals surface area contributed by atoms with E-state index in [1.54, 1.807) is 25.4 Å². The van der Waals surface area contributed by atoms with Crippen LogP contribution < -0.4 is 10.1 Å². The van der Waals surface area contributed by atoms with Gasteiger partial charge in [0.25, 0.3) is 5.91 Å². The van der Waals surface area contributed by atoms with E-state index in [1.165, 1.54) is 0 Å². The Morgan fingerprint density at radius 1 is 1.20 bits per heavy atom. The molecule has 2 heterocycles. The monoisotopic (exact) mass is 339 g/mol. The molecule has 0 bridgehead atoms. The normalized spacial score (nSPS) is 10.8. The SMILES string of the molecule is COCCOc1ccc(NC(=O)c2ccc3[nH]c(C)c(C)c3c2)cn1. The van der Waals surface area contributed by atoms with Crippen LogP contribution in [0.5, 0.6) is 5.88 Å². The van der Waals surface area contributed by atoms with Crippen molar-refractivity contribution in [1.29, 1.82) is 0 Å². The van der Waals surface area contributed by atoms with Crippen molar-refractivity contribution in [2.45, 2.75) is 13.8 Å². The molecule has 0 unspecified atom stereocenters. The number of nitrogens with one attached hydrogen (secondary N) is 2. The largest absolute Gasteiger partial charge is 0.475 e. The number of aromatic amines is 1. The third-order valence-corrected chi connectivity index (χ3v) is 4.10. The molecule has 0 aliphatic carbocycles. The van der Waals surface area contributed by atoms with Crippen LogP contribution in [-0.4, -0.2) is 36.2 Å². The van der Waals surface area contributed by atoms with Gasteiger partial charge in [-0.05, 0) is 43.7 Å².